The van der Waals surface area contributed by atoms with Crippen LogP contribution in [0.3, 0.4) is 0 Å². The Hall–Kier alpha value is -1.77. The summed E-state index contributed by atoms with van der Waals surface area (Å²) in [7, 11) is 1.59. The highest BCUT2D eigenvalue weighted by Crippen LogP contribution is 2.25. The van der Waals surface area contributed by atoms with Gasteiger partial charge in [-0.05, 0) is 12.1 Å². The largest absolute Gasteiger partial charge is 0.495 e. The second kappa shape index (κ2) is 2.94. The number of hydrogen-bond donors (Lipinski definition) is 0. The molecule has 3 heteroatoms. The van der Waals surface area contributed by atoms with E-state index in [1.54, 1.807) is 13.3 Å². The minimum atomic E-state index is 0.717. The first kappa shape index (κ1) is 7.86. The van der Waals surface area contributed by atoms with Crippen LogP contribution >= 0.6 is 0 Å². The molecule has 2 rings (SSSR count). The Bertz CT molecular complexity index is 445. The maximum absolute atomic E-state index is 10.7. The number of benzene rings is 1. The number of carbonyl (C=O) groups is 1. The Labute approximate surface area is 75.5 Å². The van der Waals surface area contributed by atoms with E-state index in [-0.39, 0.29) is 0 Å². The molecule has 0 amide bonds. The molecular formula is C10H9NO2. The van der Waals surface area contributed by atoms with E-state index in [1.165, 1.54) is 4.57 Å². The molecule has 0 atom stereocenters. The molecule has 0 bridgehead atoms. The normalized spacial score (nSPS) is 10.2. The summed E-state index contributed by atoms with van der Waals surface area (Å²) in [4.78, 5) is 10.7. The number of methoxy groups -OCH3 is 1. The zero-order valence-corrected chi connectivity index (χ0v) is 7.23. The Morgan fingerprint density at radius 3 is 2.92 bits per heavy atom. The third kappa shape index (κ3) is 1.09. The molecule has 0 fully saturated rings. The topological polar surface area (TPSA) is 31.2 Å². The SMILES string of the molecule is COc1cccc2ccn(C=O)c12. The van der Waals surface area contributed by atoms with Crippen molar-refractivity contribution < 1.29 is 9.53 Å². The molecule has 13 heavy (non-hydrogen) atoms. The molecule has 0 saturated carbocycles. The van der Waals surface area contributed by atoms with Gasteiger partial charge in [0.1, 0.15) is 5.75 Å². The summed E-state index contributed by atoms with van der Waals surface area (Å²) < 4.78 is 6.66. The van der Waals surface area contributed by atoms with Gasteiger partial charge in [0.25, 0.3) is 0 Å². The number of aromatic nitrogens is 1. The van der Waals surface area contributed by atoms with Crippen molar-refractivity contribution in [3.8, 4) is 5.75 Å². The fourth-order valence-corrected chi connectivity index (χ4v) is 1.44. The second-order valence-electron chi connectivity index (χ2n) is 2.73. The third-order valence-corrected chi connectivity index (χ3v) is 2.04. The van der Waals surface area contributed by atoms with Crippen LogP contribution in [0.25, 0.3) is 10.9 Å². The van der Waals surface area contributed by atoms with Gasteiger partial charge in [-0.2, -0.15) is 0 Å². The summed E-state index contributed by atoms with van der Waals surface area (Å²) >= 11 is 0. The van der Waals surface area contributed by atoms with Crippen LogP contribution in [0.4, 0.5) is 0 Å². The van der Waals surface area contributed by atoms with Crippen molar-refractivity contribution in [2.75, 3.05) is 7.11 Å². The van der Waals surface area contributed by atoms with Crippen molar-refractivity contribution in [2.24, 2.45) is 0 Å². The number of para-hydroxylation sites is 1. The lowest BCUT2D eigenvalue weighted by atomic mass is 10.2. The van der Waals surface area contributed by atoms with Gasteiger partial charge in [-0.25, -0.2) is 0 Å². The molecule has 0 unspecified atom stereocenters. The molecule has 1 aromatic heterocycles. The molecule has 0 saturated heterocycles. The Kier molecular flexibility index (Phi) is 1.77. The highest BCUT2D eigenvalue weighted by Gasteiger charge is 2.04. The lowest BCUT2D eigenvalue weighted by Gasteiger charge is -2.02. The Morgan fingerprint density at radius 2 is 2.23 bits per heavy atom. The number of hydrogen-bond acceptors (Lipinski definition) is 2. The third-order valence-electron chi connectivity index (χ3n) is 2.04. The van der Waals surface area contributed by atoms with Crippen LogP contribution in [0.15, 0.2) is 30.5 Å². The number of carbonyl (C=O) groups excluding carboxylic acids is 1. The fraction of sp³-hybridized carbons (Fsp3) is 0.100. The molecule has 3 nitrogen and oxygen atoms in total. The van der Waals surface area contributed by atoms with Gasteiger partial charge in [0.15, 0.2) is 0 Å². The maximum Gasteiger partial charge on any atom is 0.218 e. The van der Waals surface area contributed by atoms with Gasteiger partial charge in [-0.1, -0.05) is 12.1 Å². The molecule has 0 radical (unpaired) electrons. The van der Waals surface area contributed by atoms with E-state index in [0.29, 0.717) is 0 Å². The Balaban J connectivity index is 2.83. The molecule has 0 aliphatic rings. The summed E-state index contributed by atoms with van der Waals surface area (Å²) in [6, 6.07) is 7.56. The molecule has 2 aromatic rings. The summed E-state index contributed by atoms with van der Waals surface area (Å²) in [5.41, 5.74) is 0.819. The van der Waals surface area contributed by atoms with Crippen molar-refractivity contribution in [2.45, 2.75) is 0 Å². The first-order chi connectivity index (χ1) is 6.36. The summed E-state index contributed by atoms with van der Waals surface area (Å²) in [6.45, 7) is 0. The maximum atomic E-state index is 10.7. The predicted molar refractivity (Wildman–Crippen MR) is 50.6 cm³/mol. The zero-order valence-electron chi connectivity index (χ0n) is 7.23. The van der Waals surface area contributed by atoms with E-state index >= 15 is 0 Å². The minimum Gasteiger partial charge on any atom is -0.495 e. The quantitative estimate of drug-likeness (QED) is 0.650. The Morgan fingerprint density at radius 1 is 1.38 bits per heavy atom. The average molecular weight is 175 g/mol. The average Bonchev–Trinajstić information content (AvgIpc) is 2.60. The molecule has 0 aliphatic carbocycles. The number of rotatable bonds is 2. The van der Waals surface area contributed by atoms with E-state index in [2.05, 4.69) is 0 Å². The van der Waals surface area contributed by atoms with Gasteiger partial charge in [-0.15, -0.1) is 0 Å². The zero-order chi connectivity index (χ0) is 9.26. The molecule has 1 heterocycles. The monoisotopic (exact) mass is 175 g/mol. The molecule has 0 aliphatic heterocycles. The van der Waals surface area contributed by atoms with Gasteiger partial charge in [-0.3, -0.25) is 9.36 Å². The van der Waals surface area contributed by atoms with E-state index in [1.807, 2.05) is 24.3 Å². The van der Waals surface area contributed by atoms with Crippen LogP contribution < -0.4 is 4.74 Å². The summed E-state index contributed by atoms with van der Waals surface area (Å²) in [5, 5.41) is 1.01. The first-order valence-electron chi connectivity index (χ1n) is 3.95. The molecule has 66 valence electrons. The van der Waals surface area contributed by atoms with Crippen molar-refractivity contribution in [3.63, 3.8) is 0 Å². The van der Waals surface area contributed by atoms with E-state index in [4.69, 9.17) is 4.74 Å². The van der Waals surface area contributed by atoms with Crippen LogP contribution in [-0.2, 0) is 4.79 Å². The predicted octanol–water partition coefficient (Wildman–Crippen LogP) is 1.69. The molecule has 0 spiro atoms. The minimum absolute atomic E-state index is 0.717. The van der Waals surface area contributed by atoms with Crippen LogP contribution in [0.1, 0.15) is 0 Å². The first-order valence-corrected chi connectivity index (χ1v) is 3.95. The number of ether oxygens (including phenoxy) is 1. The molecule has 0 N–H and O–H groups in total. The molecule has 1 aromatic carbocycles. The van der Waals surface area contributed by atoms with Crippen molar-refractivity contribution in [1.29, 1.82) is 0 Å². The number of fused-ring (bicyclic) bond motifs is 1. The van der Waals surface area contributed by atoms with Gasteiger partial charge in [0, 0.05) is 11.6 Å². The van der Waals surface area contributed by atoms with Crippen LogP contribution in [0, 0.1) is 0 Å². The molecular weight excluding hydrogens is 166 g/mol. The highest BCUT2D eigenvalue weighted by atomic mass is 16.5. The number of nitrogens with zero attached hydrogens (tertiary/aromatic N) is 1. The summed E-state index contributed by atoms with van der Waals surface area (Å²) in [5.74, 6) is 0.717. The van der Waals surface area contributed by atoms with Crippen LogP contribution in [0.5, 0.6) is 5.75 Å². The van der Waals surface area contributed by atoms with Crippen molar-refractivity contribution in [1.82, 2.24) is 4.57 Å². The lowest BCUT2D eigenvalue weighted by molar-refractivity contribution is 0.418. The standard InChI is InChI=1S/C10H9NO2/c1-13-9-4-2-3-8-5-6-11(7-12)10(8)9/h2-7H,1H3. The second-order valence-corrected chi connectivity index (χ2v) is 2.73. The fourth-order valence-electron chi connectivity index (χ4n) is 1.44. The lowest BCUT2D eigenvalue weighted by Crippen LogP contribution is -1.94. The van der Waals surface area contributed by atoms with Crippen molar-refractivity contribution >= 4 is 17.3 Å². The van der Waals surface area contributed by atoms with E-state index < -0.39 is 0 Å². The van der Waals surface area contributed by atoms with Crippen LogP contribution in [-0.4, -0.2) is 18.1 Å². The highest BCUT2D eigenvalue weighted by molar-refractivity contribution is 5.90. The van der Waals surface area contributed by atoms with Gasteiger partial charge < -0.3 is 4.74 Å². The van der Waals surface area contributed by atoms with Crippen molar-refractivity contribution in [3.05, 3.63) is 30.5 Å². The van der Waals surface area contributed by atoms with Gasteiger partial charge >= 0.3 is 0 Å². The smallest absolute Gasteiger partial charge is 0.218 e. The summed E-state index contributed by atoms with van der Waals surface area (Å²) in [6.07, 6.45) is 2.49. The van der Waals surface area contributed by atoms with Crippen LogP contribution in [0.2, 0.25) is 0 Å². The van der Waals surface area contributed by atoms with Gasteiger partial charge in [0.05, 0.1) is 12.6 Å². The van der Waals surface area contributed by atoms with Gasteiger partial charge in [0.2, 0.25) is 6.41 Å². The van der Waals surface area contributed by atoms with E-state index in [9.17, 15) is 4.79 Å². The van der Waals surface area contributed by atoms with E-state index in [0.717, 1.165) is 23.1 Å².